The summed E-state index contributed by atoms with van der Waals surface area (Å²) in [6, 6.07) is 0. The van der Waals surface area contributed by atoms with Crippen molar-refractivity contribution in [3.8, 4) is 0 Å². The molecule has 3 heterocycles. The standard InChI is InChI=1S/C13H19N5O3/c19-11(3-1-6-18-10-14-9-16-18)17-5-2-4-13(8-17)7-15-12(20)21-13/h9-10H,1-8H2,(H,15,20)/t13-/m1/s1. The maximum atomic E-state index is 12.3. The van der Waals surface area contributed by atoms with Crippen molar-refractivity contribution in [3.05, 3.63) is 12.7 Å². The van der Waals surface area contributed by atoms with Gasteiger partial charge in [0.15, 0.2) is 0 Å². The number of carbonyl (C=O) groups excluding carboxylic acids is 2. The van der Waals surface area contributed by atoms with E-state index in [9.17, 15) is 9.59 Å². The van der Waals surface area contributed by atoms with Crippen LogP contribution in [-0.2, 0) is 16.1 Å². The van der Waals surface area contributed by atoms with Crippen molar-refractivity contribution < 1.29 is 14.3 Å². The van der Waals surface area contributed by atoms with Crippen molar-refractivity contribution in [2.75, 3.05) is 19.6 Å². The van der Waals surface area contributed by atoms with Crippen LogP contribution in [0.15, 0.2) is 12.7 Å². The number of aromatic nitrogens is 3. The maximum Gasteiger partial charge on any atom is 0.407 e. The Morgan fingerprint density at radius 2 is 2.43 bits per heavy atom. The molecule has 1 spiro atoms. The Labute approximate surface area is 122 Å². The van der Waals surface area contributed by atoms with Crippen molar-refractivity contribution >= 4 is 12.0 Å². The summed E-state index contributed by atoms with van der Waals surface area (Å²) in [5.41, 5.74) is -0.517. The van der Waals surface area contributed by atoms with Gasteiger partial charge in [-0.05, 0) is 19.3 Å². The van der Waals surface area contributed by atoms with E-state index in [1.165, 1.54) is 6.33 Å². The lowest BCUT2D eigenvalue weighted by molar-refractivity contribution is -0.136. The molecule has 1 atom stereocenters. The number of amides is 2. The summed E-state index contributed by atoms with van der Waals surface area (Å²) in [6.45, 7) is 2.41. The second-order valence-corrected chi connectivity index (χ2v) is 5.61. The number of rotatable bonds is 4. The average Bonchev–Trinajstić information content (AvgIpc) is 3.10. The summed E-state index contributed by atoms with van der Waals surface area (Å²) in [5, 5.41) is 6.69. The van der Waals surface area contributed by atoms with E-state index in [2.05, 4.69) is 15.4 Å². The first kappa shape index (κ1) is 13.8. The number of nitrogens with one attached hydrogen (secondary N) is 1. The predicted octanol–water partition coefficient (Wildman–Crippen LogP) is 0.159. The molecule has 0 saturated carbocycles. The zero-order valence-corrected chi connectivity index (χ0v) is 11.8. The molecule has 2 amide bonds. The minimum Gasteiger partial charge on any atom is -0.439 e. The van der Waals surface area contributed by atoms with E-state index in [-0.39, 0.29) is 12.0 Å². The molecule has 1 N–H and O–H groups in total. The van der Waals surface area contributed by atoms with Gasteiger partial charge in [-0.3, -0.25) is 9.48 Å². The van der Waals surface area contributed by atoms with E-state index < -0.39 is 5.60 Å². The van der Waals surface area contributed by atoms with Crippen molar-refractivity contribution in [1.29, 1.82) is 0 Å². The largest absolute Gasteiger partial charge is 0.439 e. The highest BCUT2D eigenvalue weighted by atomic mass is 16.6. The SMILES string of the molecule is O=C1NC[C@@]2(CCCN(C(=O)CCCn3cncn3)C2)O1. The number of nitrogens with zero attached hydrogens (tertiary/aromatic N) is 4. The smallest absolute Gasteiger partial charge is 0.407 e. The van der Waals surface area contributed by atoms with Crippen LogP contribution in [0.25, 0.3) is 0 Å². The third-order valence-corrected chi connectivity index (χ3v) is 4.00. The van der Waals surface area contributed by atoms with Crippen molar-refractivity contribution in [1.82, 2.24) is 25.0 Å². The molecule has 2 fully saturated rings. The van der Waals surface area contributed by atoms with Gasteiger partial charge in [0.1, 0.15) is 18.3 Å². The van der Waals surface area contributed by atoms with Crippen molar-refractivity contribution in [3.63, 3.8) is 0 Å². The molecule has 1 aromatic rings. The lowest BCUT2D eigenvalue weighted by Crippen LogP contribution is -2.52. The molecule has 3 rings (SSSR count). The summed E-state index contributed by atoms with van der Waals surface area (Å²) in [5.74, 6) is 0.108. The van der Waals surface area contributed by atoms with Gasteiger partial charge in [-0.15, -0.1) is 0 Å². The number of carbonyl (C=O) groups is 2. The second kappa shape index (κ2) is 5.71. The highest BCUT2D eigenvalue weighted by Crippen LogP contribution is 2.28. The van der Waals surface area contributed by atoms with Gasteiger partial charge in [0.25, 0.3) is 0 Å². The van der Waals surface area contributed by atoms with Gasteiger partial charge in [-0.2, -0.15) is 5.10 Å². The van der Waals surface area contributed by atoms with E-state index in [0.717, 1.165) is 25.8 Å². The third kappa shape index (κ3) is 3.14. The zero-order chi connectivity index (χ0) is 14.7. The van der Waals surface area contributed by atoms with E-state index in [1.54, 1.807) is 11.0 Å². The number of hydrogen-bond donors (Lipinski definition) is 1. The Balaban J connectivity index is 1.49. The minimum absolute atomic E-state index is 0.108. The Morgan fingerprint density at radius 1 is 1.52 bits per heavy atom. The van der Waals surface area contributed by atoms with E-state index >= 15 is 0 Å². The molecule has 0 aliphatic carbocycles. The Hall–Kier alpha value is -2.12. The molecule has 1 aromatic heterocycles. The number of aryl methyl sites for hydroxylation is 1. The molecule has 8 nitrogen and oxygen atoms in total. The van der Waals surface area contributed by atoms with Crippen molar-refractivity contribution in [2.45, 2.75) is 37.8 Å². The molecule has 21 heavy (non-hydrogen) atoms. The summed E-state index contributed by atoms with van der Waals surface area (Å²) < 4.78 is 7.08. The van der Waals surface area contributed by atoms with Gasteiger partial charge in [-0.1, -0.05) is 0 Å². The van der Waals surface area contributed by atoms with E-state index in [1.807, 2.05) is 4.90 Å². The minimum atomic E-state index is -0.517. The quantitative estimate of drug-likeness (QED) is 0.854. The molecule has 0 radical (unpaired) electrons. The topological polar surface area (TPSA) is 89.4 Å². The van der Waals surface area contributed by atoms with Crippen LogP contribution in [0, 0.1) is 0 Å². The Bertz CT molecular complexity index is 518. The van der Waals surface area contributed by atoms with Crippen molar-refractivity contribution in [2.24, 2.45) is 0 Å². The lowest BCUT2D eigenvalue weighted by Gasteiger charge is -2.38. The predicted molar refractivity (Wildman–Crippen MR) is 72.3 cm³/mol. The Kier molecular flexibility index (Phi) is 3.76. The first-order valence-electron chi connectivity index (χ1n) is 7.24. The highest BCUT2D eigenvalue weighted by Gasteiger charge is 2.44. The van der Waals surface area contributed by atoms with Crippen LogP contribution in [-0.4, -0.2) is 56.9 Å². The van der Waals surface area contributed by atoms with E-state index in [4.69, 9.17) is 4.74 Å². The number of hydrogen-bond acceptors (Lipinski definition) is 5. The summed E-state index contributed by atoms with van der Waals surface area (Å²) in [7, 11) is 0. The third-order valence-electron chi connectivity index (χ3n) is 4.00. The van der Waals surface area contributed by atoms with Gasteiger partial charge in [0.2, 0.25) is 5.91 Å². The molecule has 0 unspecified atom stereocenters. The molecule has 0 bridgehead atoms. The Morgan fingerprint density at radius 3 is 3.14 bits per heavy atom. The molecule has 8 heteroatoms. The fourth-order valence-electron chi connectivity index (χ4n) is 2.94. The van der Waals surface area contributed by atoms with Gasteiger partial charge in [0.05, 0.1) is 13.1 Å². The molecule has 2 saturated heterocycles. The maximum absolute atomic E-state index is 12.3. The van der Waals surface area contributed by atoms with Crippen LogP contribution >= 0.6 is 0 Å². The molecule has 2 aliphatic rings. The normalized spacial score (nSPS) is 25.0. The fraction of sp³-hybridized carbons (Fsp3) is 0.692. The van der Waals surface area contributed by atoms with Crippen LogP contribution in [0.3, 0.4) is 0 Å². The summed E-state index contributed by atoms with van der Waals surface area (Å²) >= 11 is 0. The molecule has 0 aromatic carbocycles. The van der Waals surface area contributed by atoms with Gasteiger partial charge >= 0.3 is 6.09 Å². The lowest BCUT2D eigenvalue weighted by atomic mass is 9.93. The monoisotopic (exact) mass is 293 g/mol. The molecule has 114 valence electrons. The zero-order valence-electron chi connectivity index (χ0n) is 11.8. The first-order valence-corrected chi connectivity index (χ1v) is 7.24. The first-order chi connectivity index (χ1) is 10.2. The average molecular weight is 293 g/mol. The van der Waals surface area contributed by atoms with Crippen LogP contribution in [0.5, 0.6) is 0 Å². The summed E-state index contributed by atoms with van der Waals surface area (Å²) in [4.78, 5) is 29.2. The highest BCUT2D eigenvalue weighted by molar-refractivity contribution is 5.77. The number of likely N-dealkylation sites (tertiary alicyclic amines) is 1. The number of piperidine rings is 1. The second-order valence-electron chi connectivity index (χ2n) is 5.61. The molecular weight excluding hydrogens is 274 g/mol. The fourth-order valence-corrected chi connectivity index (χ4v) is 2.94. The molecule has 2 aliphatic heterocycles. The number of ether oxygens (including phenoxy) is 1. The van der Waals surface area contributed by atoms with Gasteiger partial charge < -0.3 is 15.0 Å². The number of alkyl carbamates (subject to hydrolysis) is 1. The van der Waals surface area contributed by atoms with Crippen LogP contribution in [0.1, 0.15) is 25.7 Å². The van der Waals surface area contributed by atoms with Gasteiger partial charge in [-0.25, -0.2) is 9.78 Å². The van der Waals surface area contributed by atoms with Crippen LogP contribution in [0.2, 0.25) is 0 Å². The van der Waals surface area contributed by atoms with Crippen LogP contribution < -0.4 is 5.32 Å². The van der Waals surface area contributed by atoms with Crippen LogP contribution in [0.4, 0.5) is 4.79 Å². The molecular formula is C13H19N5O3. The van der Waals surface area contributed by atoms with E-state index in [0.29, 0.717) is 26.1 Å². The van der Waals surface area contributed by atoms with Gasteiger partial charge in [0, 0.05) is 19.5 Å². The summed E-state index contributed by atoms with van der Waals surface area (Å²) in [6.07, 6.45) is 5.62.